The first-order valence-corrected chi connectivity index (χ1v) is 9.24. The Morgan fingerprint density at radius 1 is 1.33 bits per heavy atom. The summed E-state index contributed by atoms with van der Waals surface area (Å²) in [7, 11) is 1.35. The summed E-state index contributed by atoms with van der Waals surface area (Å²) in [5.74, 6) is 0.176. The maximum absolute atomic E-state index is 11.5. The van der Waals surface area contributed by atoms with E-state index >= 15 is 0 Å². The maximum Gasteiger partial charge on any atom is 0.337 e. The zero-order valence-electron chi connectivity index (χ0n) is 15.2. The molecule has 0 radical (unpaired) electrons. The number of carbonyl (C=O) groups is 1. The van der Waals surface area contributed by atoms with Crippen molar-refractivity contribution in [3.05, 3.63) is 58.6 Å². The first-order valence-electron chi connectivity index (χ1n) is 8.43. The first kappa shape index (κ1) is 18.7. The van der Waals surface area contributed by atoms with E-state index < -0.39 is 0 Å². The summed E-state index contributed by atoms with van der Waals surface area (Å²) in [4.78, 5) is 17.2. The number of hydrazone groups is 1. The molecule has 140 valence electrons. The van der Waals surface area contributed by atoms with Gasteiger partial charge in [0.05, 0.1) is 28.9 Å². The molecule has 8 heteroatoms. The fraction of sp³-hybridized carbons (Fsp3) is 0.211. The minimum atomic E-state index is -0.375. The summed E-state index contributed by atoms with van der Waals surface area (Å²) >= 11 is 1.59. The minimum absolute atomic E-state index is 0.375. The van der Waals surface area contributed by atoms with Gasteiger partial charge in [-0.25, -0.2) is 9.78 Å². The van der Waals surface area contributed by atoms with Crippen molar-refractivity contribution in [2.45, 2.75) is 19.8 Å². The lowest BCUT2D eigenvalue weighted by atomic mass is 10.1. The molecule has 3 N–H and O–H groups in total. The third kappa shape index (κ3) is 4.73. The molecule has 3 rings (SSSR count). The predicted molar refractivity (Wildman–Crippen MR) is 110 cm³/mol. The van der Waals surface area contributed by atoms with Gasteiger partial charge in [-0.1, -0.05) is 24.0 Å². The Morgan fingerprint density at radius 2 is 2.11 bits per heavy atom. The van der Waals surface area contributed by atoms with Gasteiger partial charge in [-0.3, -0.25) is 16.3 Å². The number of nitrogens with one attached hydrogen (secondary N) is 3. The molecule has 7 nitrogen and oxygen atoms in total. The van der Waals surface area contributed by atoms with Gasteiger partial charge in [0.1, 0.15) is 0 Å². The van der Waals surface area contributed by atoms with E-state index in [4.69, 9.17) is 0 Å². The molecule has 27 heavy (non-hydrogen) atoms. The van der Waals surface area contributed by atoms with Crippen molar-refractivity contribution in [1.82, 2.24) is 10.4 Å². The number of benzene rings is 1. The number of hydrogen-bond acceptors (Lipinski definition) is 7. The van der Waals surface area contributed by atoms with Crippen LogP contribution in [-0.2, 0) is 11.2 Å². The van der Waals surface area contributed by atoms with Crippen LogP contribution in [0.25, 0.3) is 6.08 Å². The van der Waals surface area contributed by atoms with Crippen molar-refractivity contribution in [2.75, 3.05) is 18.0 Å². The third-order valence-electron chi connectivity index (χ3n) is 3.84. The number of aromatic nitrogens is 1. The van der Waals surface area contributed by atoms with Crippen molar-refractivity contribution >= 4 is 40.0 Å². The Bertz CT molecular complexity index is 899. The molecule has 2 aromatic rings. The number of hydrogen-bond donors (Lipinski definition) is 3. The summed E-state index contributed by atoms with van der Waals surface area (Å²) < 4.78 is 4.68. The van der Waals surface area contributed by atoms with Gasteiger partial charge in [0.15, 0.2) is 5.84 Å². The molecule has 0 fully saturated rings. The van der Waals surface area contributed by atoms with Crippen molar-refractivity contribution in [2.24, 2.45) is 5.10 Å². The Balaban J connectivity index is 1.63. The van der Waals surface area contributed by atoms with Gasteiger partial charge in [0.2, 0.25) is 5.13 Å². The van der Waals surface area contributed by atoms with Gasteiger partial charge in [-0.15, -0.1) is 0 Å². The number of hydrazine groups is 1. The van der Waals surface area contributed by atoms with Crippen molar-refractivity contribution in [1.29, 1.82) is 0 Å². The molecule has 0 bridgehead atoms. The second-order valence-corrected chi connectivity index (χ2v) is 6.97. The topological polar surface area (TPSA) is 87.6 Å². The van der Waals surface area contributed by atoms with Crippen LogP contribution >= 0.6 is 11.3 Å². The van der Waals surface area contributed by atoms with E-state index in [-0.39, 0.29) is 5.97 Å². The van der Waals surface area contributed by atoms with E-state index in [1.807, 2.05) is 6.92 Å². The molecule has 0 amide bonds. The summed E-state index contributed by atoms with van der Waals surface area (Å²) in [6.45, 7) is 5.78. The largest absolute Gasteiger partial charge is 0.465 e. The van der Waals surface area contributed by atoms with E-state index in [9.17, 15) is 4.79 Å². The molecule has 1 aromatic heterocycles. The molecular formula is C19H21N5O2S. The molecule has 0 unspecified atom stereocenters. The molecule has 1 aromatic carbocycles. The lowest BCUT2D eigenvalue weighted by Crippen LogP contribution is -2.30. The Kier molecular flexibility index (Phi) is 5.87. The van der Waals surface area contributed by atoms with Crippen LogP contribution in [0.5, 0.6) is 0 Å². The monoisotopic (exact) mass is 383 g/mol. The van der Waals surface area contributed by atoms with Crippen molar-refractivity contribution in [3.8, 4) is 0 Å². The number of allylic oxidation sites excluding steroid dienone is 1. The summed E-state index contributed by atoms with van der Waals surface area (Å²) in [6.07, 6.45) is 6.26. The van der Waals surface area contributed by atoms with Gasteiger partial charge in [-0.05, 0) is 55.7 Å². The van der Waals surface area contributed by atoms with E-state index in [1.165, 1.54) is 12.0 Å². The highest BCUT2D eigenvalue weighted by Crippen LogP contribution is 2.27. The highest BCUT2D eigenvalue weighted by atomic mass is 32.1. The molecule has 0 atom stereocenters. The first-order chi connectivity index (χ1) is 13.1. The second kappa shape index (κ2) is 8.50. The van der Waals surface area contributed by atoms with E-state index in [2.05, 4.69) is 49.8 Å². The van der Waals surface area contributed by atoms with E-state index in [0.29, 0.717) is 11.4 Å². The Morgan fingerprint density at radius 3 is 2.78 bits per heavy atom. The number of amidine groups is 1. The van der Waals surface area contributed by atoms with Crippen molar-refractivity contribution < 1.29 is 9.53 Å². The molecule has 1 aliphatic rings. The van der Waals surface area contributed by atoms with Crippen LogP contribution in [0, 0.1) is 0 Å². The molecular weight excluding hydrogens is 362 g/mol. The number of fused-ring (bicyclic) bond motifs is 1. The highest BCUT2D eigenvalue weighted by molar-refractivity contribution is 7.16. The molecule has 0 spiro atoms. The lowest BCUT2D eigenvalue weighted by Gasteiger charge is -2.11. The molecule has 0 aliphatic heterocycles. The lowest BCUT2D eigenvalue weighted by molar-refractivity contribution is 0.0601. The number of carbonyl (C=O) groups excluding carboxylic acids is 1. The Hall–Kier alpha value is -3.13. The zero-order chi connectivity index (χ0) is 19.2. The Labute approximate surface area is 161 Å². The van der Waals surface area contributed by atoms with Crippen molar-refractivity contribution in [3.63, 3.8) is 0 Å². The quantitative estimate of drug-likeness (QED) is 0.304. The normalized spacial score (nSPS) is 12.9. The van der Waals surface area contributed by atoms with E-state index in [0.717, 1.165) is 34.9 Å². The number of thiazole rings is 1. The predicted octanol–water partition coefficient (Wildman–Crippen LogP) is 3.81. The van der Waals surface area contributed by atoms with Crippen LogP contribution in [0.3, 0.4) is 0 Å². The number of anilines is 2. The number of methoxy groups -OCH3 is 1. The SMILES string of the molecule is C=C(C)C(=NNc1ccc(C(=O)OC)cc1)NNc1nc2c(s1)C=CCC2. The highest BCUT2D eigenvalue weighted by Gasteiger charge is 2.12. The van der Waals surface area contributed by atoms with Gasteiger partial charge in [0.25, 0.3) is 0 Å². The number of nitrogens with zero attached hydrogens (tertiary/aromatic N) is 2. The van der Waals surface area contributed by atoms with Gasteiger partial charge in [0, 0.05) is 0 Å². The molecule has 1 heterocycles. The average molecular weight is 383 g/mol. The van der Waals surface area contributed by atoms with Gasteiger partial charge >= 0.3 is 5.97 Å². The average Bonchev–Trinajstić information content (AvgIpc) is 3.10. The maximum atomic E-state index is 11.5. The van der Waals surface area contributed by atoms with Crippen LogP contribution in [-0.4, -0.2) is 23.9 Å². The minimum Gasteiger partial charge on any atom is -0.465 e. The molecule has 0 saturated heterocycles. The standard InChI is InChI=1S/C19H21N5O2S/c1-12(2)17(22-21-14-10-8-13(9-11-14)18(25)26-3)23-24-19-20-15-6-4-5-7-16(15)27-19/h5,7-11,21H,1,4,6H2,2-3H3,(H,20,24)(H,22,23). The smallest absolute Gasteiger partial charge is 0.337 e. The number of ether oxygens (including phenoxy) is 1. The van der Waals surface area contributed by atoms with Crippen LogP contribution in [0.4, 0.5) is 10.8 Å². The third-order valence-corrected chi connectivity index (χ3v) is 4.82. The number of esters is 1. The number of rotatable bonds is 6. The van der Waals surface area contributed by atoms with Gasteiger partial charge < -0.3 is 4.74 Å². The van der Waals surface area contributed by atoms with Crippen LogP contribution < -0.4 is 16.3 Å². The zero-order valence-corrected chi connectivity index (χ0v) is 16.0. The van der Waals surface area contributed by atoms with E-state index in [1.54, 1.807) is 35.6 Å². The van der Waals surface area contributed by atoms with Crippen LogP contribution in [0.1, 0.15) is 34.3 Å². The second-order valence-electron chi connectivity index (χ2n) is 5.94. The molecule has 0 saturated carbocycles. The fourth-order valence-electron chi connectivity index (χ4n) is 2.40. The van der Waals surface area contributed by atoms with Crippen LogP contribution in [0.15, 0.2) is 47.6 Å². The molecule has 1 aliphatic carbocycles. The summed E-state index contributed by atoms with van der Waals surface area (Å²) in [5.41, 5.74) is 12.1. The van der Waals surface area contributed by atoms with Gasteiger partial charge in [-0.2, -0.15) is 5.10 Å². The van der Waals surface area contributed by atoms with Crippen LogP contribution in [0.2, 0.25) is 0 Å². The summed E-state index contributed by atoms with van der Waals surface area (Å²) in [6, 6.07) is 6.84. The number of aryl methyl sites for hydroxylation is 1. The fourth-order valence-corrected chi connectivity index (χ4v) is 3.29. The summed E-state index contributed by atoms with van der Waals surface area (Å²) in [5, 5.41) is 5.11.